The highest BCUT2D eigenvalue weighted by molar-refractivity contribution is 6.32. The van der Waals surface area contributed by atoms with Gasteiger partial charge in [-0.05, 0) is 43.2 Å². The molecule has 2 heterocycles. The van der Waals surface area contributed by atoms with Crippen molar-refractivity contribution < 1.29 is 14.0 Å². The quantitative estimate of drug-likeness (QED) is 0.759. The number of carbonyl (C=O) groups is 2. The van der Waals surface area contributed by atoms with Gasteiger partial charge in [-0.2, -0.15) is 0 Å². The molecule has 2 amide bonds. The largest absolute Gasteiger partial charge is 0.367 e. The number of hydrogen-bond donors (Lipinski definition) is 2. The van der Waals surface area contributed by atoms with Crippen LogP contribution in [0.3, 0.4) is 0 Å². The topological polar surface area (TPSA) is 64.7 Å². The average Bonchev–Trinajstić information content (AvgIpc) is 3.31. The molecule has 0 spiro atoms. The number of nitrogens with one attached hydrogen (secondary N) is 2. The van der Waals surface area contributed by atoms with Gasteiger partial charge in [0.2, 0.25) is 5.91 Å². The normalized spacial score (nSPS) is 19.1. The van der Waals surface area contributed by atoms with Crippen molar-refractivity contribution in [3.63, 3.8) is 0 Å². The monoisotopic (exact) mass is 408 g/mol. The molecule has 2 N–H and O–H groups in total. The van der Waals surface area contributed by atoms with E-state index in [1.165, 1.54) is 6.07 Å². The average molecular weight is 408 g/mol. The minimum atomic E-state index is -0.336. The van der Waals surface area contributed by atoms with Gasteiger partial charge in [0.1, 0.15) is 5.82 Å². The van der Waals surface area contributed by atoms with Gasteiger partial charge in [-0.3, -0.25) is 9.59 Å². The van der Waals surface area contributed by atoms with E-state index in [0.717, 1.165) is 23.2 Å². The van der Waals surface area contributed by atoms with Gasteiger partial charge in [-0.25, -0.2) is 4.39 Å². The lowest BCUT2D eigenvalue weighted by Crippen LogP contribution is -2.37. The molecule has 1 fully saturated rings. The molecular weight excluding hydrogens is 383 g/mol. The van der Waals surface area contributed by atoms with E-state index in [0.29, 0.717) is 30.0 Å². The molecule has 2 aromatic rings. The molecule has 0 radical (unpaired) electrons. The second kappa shape index (κ2) is 7.82. The van der Waals surface area contributed by atoms with Crippen LogP contribution < -0.4 is 15.5 Å². The predicted octanol–water partition coefficient (Wildman–Crippen LogP) is 3.60. The molecule has 0 bridgehead atoms. The minimum absolute atomic E-state index is 0.0164. The molecule has 0 aromatic heterocycles. The van der Waals surface area contributed by atoms with Crippen molar-refractivity contribution in [1.82, 2.24) is 4.90 Å². The van der Waals surface area contributed by atoms with E-state index in [1.54, 1.807) is 37.2 Å². The molecule has 2 aromatic carbocycles. The van der Waals surface area contributed by atoms with E-state index < -0.39 is 0 Å². The maximum atomic E-state index is 14.8. The lowest BCUT2D eigenvalue weighted by molar-refractivity contribution is -0.129. The van der Waals surface area contributed by atoms with Gasteiger partial charge in [0.05, 0.1) is 17.3 Å². The summed E-state index contributed by atoms with van der Waals surface area (Å²) in [5.41, 5.74) is 4.27. The Labute approximate surface area is 175 Å². The first-order valence-corrected chi connectivity index (χ1v) is 10.0. The van der Waals surface area contributed by atoms with Gasteiger partial charge in [-0.15, -0.1) is 0 Å². The highest BCUT2D eigenvalue weighted by Crippen LogP contribution is 2.34. The summed E-state index contributed by atoms with van der Waals surface area (Å²) >= 11 is 0. The highest BCUT2D eigenvalue weighted by Gasteiger charge is 2.29. The Balaban J connectivity index is 1.50. The molecule has 2 aliphatic rings. The Hall–Kier alpha value is -3.35. The number of carbonyl (C=O) groups excluding carboxylic acids is 2. The van der Waals surface area contributed by atoms with Crippen LogP contribution in [-0.4, -0.2) is 42.9 Å². The summed E-state index contributed by atoms with van der Waals surface area (Å²) in [7, 11) is 1.78. The van der Waals surface area contributed by atoms with Crippen LogP contribution in [-0.2, 0) is 9.59 Å². The Morgan fingerprint density at radius 3 is 2.87 bits per heavy atom. The Kier molecular flexibility index (Phi) is 5.20. The number of likely N-dealkylation sites (N-methyl/N-ethyl adjacent to an activating group) is 1. The summed E-state index contributed by atoms with van der Waals surface area (Å²) in [4.78, 5) is 27.6. The molecule has 156 valence electrons. The zero-order chi connectivity index (χ0) is 21.4. The fraction of sp³-hybridized carbons (Fsp3) is 0.304. The fourth-order valence-corrected chi connectivity index (χ4v) is 4.11. The number of halogens is 1. The minimum Gasteiger partial charge on any atom is -0.367 e. The molecule has 7 heteroatoms. The van der Waals surface area contributed by atoms with Crippen molar-refractivity contribution in [2.45, 2.75) is 26.3 Å². The molecule has 6 nitrogen and oxygen atoms in total. The zero-order valence-corrected chi connectivity index (χ0v) is 17.3. The molecule has 1 saturated heterocycles. The smallest absolute Gasteiger partial charge is 0.257 e. The van der Waals surface area contributed by atoms with E-state index in [4.69, 9.17) is 0 Å². The van der Waals surface area contributed by atoms with E-state index in [2.05, 4.69) is 10.6 Å². The van der Waals surface area contributed by atoms with Gasteiger partial charge in [0.15, 0.2) is 0 Å². The highest BCUT2D eigenvalue weighted by atomic mass is 19.1. The number of nitrogens with zero attached hydrogens (tertiary/aromatic N) is 2. The van der Waals surface area contributed by atoms with Gasteiger partial charge < -0.3 is 20.4 Å². The third kappa shape index (κ3) is 3.63. The van der Waals surface area contributed by atoms with Gasteiger partial charge in [-0.1, -0.05) is 12.1 Å². The number of amides is 2. The van der Waals surface area contributed by atoms with Crippen LogP contribution in [0.2, 0.25) is 0 Å². The number of anilines is 3. The first kappa shape index (κ1) is 19.9. The Morgan fingerprint density at radius 2 is 2.13 bits per heavy atom. The predicted molar refractivity (Wildman–Crippen MR) is 117 cm³/mol. The zero-order valence-electron chi connectivity index (χ0n) is 17.3. The molecule has 1 atom stereocenters. The maximum Gasteiger partial charge on any atom is 0.257 e. The summed E-state index contributed by atoms with van der Waals surface area (Å²) in [5.74, 6) is -0.499. The summed E-state index contributed by atoms with van der Waals surface area (Å²) in [6, 6.07) is 10.8. The number of benzene rings is 2. The lowest BCUT2D eigenvalue weighted by atomic mass is 10.0. The third-order valence-corrected chi connectivity index (χ3v) is 5.91. The summed E-state index contributed by atoms with van der Waals surface area (Å²) in [5, 5.41) is 5.90. The van der Waals surface area contributed by atoms with Crippen LogP contribution in [0.5, 0.6) is 0 Å². The van der Waals surface area contributed by atoms with Crippen molar-refractivity contribution >= 4 is 34.4 Å². The molecule has 1 unspecified atom stereocenters. The van der Waals surface area contributed by atoms with E-state index >= 15 is 0 Å². The number of rotatable bonds is 4. The maximum absolute atomic E-state index is 14.8. The van der Waals surface area contributed by atoms with Crippen molar-refractivity contribution in [2.24, 2.45) is 0 Å². The van der Waals surface area contributed by atoms with E-state index in [9.17, 15) is 14.0 Å². The van der Waals surface area contributed by atoms with E-state index in [1.807, 2.05) is 30.0 Å². The van der Waals surface area contributed by atoms with Gasteiger partial charge >= 0.3 is 0 Å². The van der Waals surface area contributed by atoms with Crippen LogP contribution in [0.15, 0.2) is 42.6 Å². The summed E-state index contributed by atoms with van der Waals surface area (Å²) in [6.45, 7) is 4.81. The Bertz CT molecular complexity index is 1050. The second-order valence-corrected chi connectivity index (χ2v) is 7.84. The summed E-state index contributed by atoms with van der Waals surface area (Å²) < 4.78 is 14.8. The SMILES string of the molecule is CC(=O)N(C)C1CCN(c2ccc(N/C=C3\C(=O)Nc4cccc(C)c43)cc2F)C1. The second-order valence-electron chi connectivity index (χ2n) is 7.84. The first-order valence-electron chi connectivity index (χ1n) is 10.0. The van der Waals surface area contributed by atoms with Crippen LogP contribution in [0.1, 0.15) is 24.5 Å². The number of fused-ring (bicyclic) bond motifs is 1. The Morgan fingerprint density at radius 1 is 1.33 bits per heavy atom. The third-order valence-electron chi connectivity index (χ3n) is 5.91. The van der Waals surface area contributed by atoms with Gasteiger partial charge in [0, 0.05) is 50.2 Å². The van der Waals surface area contributed by atoms with Crippen LogP contribution >= 0.6 is 0 Å². The number of hydrogen-bond acceptors (Lipinski definition) is 4. The molecule has 4 rings (SSSR count). The van der Waals surface area contributed by atoms with E-state index in [-0.39, 0.29) is 23.7 Å². The van der Waals surface area contributed by atoms with Crippen LogP contribution in [0, 0.1) is 12.7 Å². The van der Waals surface area contributed by atoms with Crippen molar-refractivity contribution in [1.29, 1.82) is 0 Å². The van der Waals surface area contributed by atoms with Crippen molar-refractivity contribution in [2.75, 3.05) is 35.7 Å². The number of aryl methyl sites for hydroxylation is 1. The first-order chi connectivity index (χ1) is 14.3. The van der Waals surface area contributed by atoms with Crippen LogP contribution in [0.25, 0.3) is 5.57 Å². The molecule has 2 aliphatic heterocycles. The lowest BCUT2D eigenvalue weighted by Gasteiger charge is -2.24. The molecule has 0 saturated carbocycles. The van der Waals surface area contributed by atoms with Gasteiger partial charge in [0.25, 0.3) is 5.91 Å². The molecule has 30 heavy (non-hydrogen) atoms. The van der Waals surface area contributed by atoms with Crippen molar-refractivity contribution in [3.8, 4) is 0 Å². The standard InChI is InChI=1S/C23H25FN4O2/c1-14-5-4-6-20-22(14)18(23(30)26-20)12-25-16-7-8-21(19(24)11-16)28-10-9-17(13-28)27(3)15(2)29/h4-8,11-12,17,25H,9-10,13H2,1-3H3,(H,26,30)/b18-12-. The summed E-state index contributed by atoms with van der Waals surface area (Å²) in [6.07, 6.45) is 2.44. The van der Waals surface area contributed by atoms with Crippen LogP contribution in [0.4, 0.5) is 21.5 Å². The van der Waals surface area contributed by atoms with Crippen molar-refractivity contribution in [3.05, 3.63) is 59.5 Å². The molecule has 0 aliphatic carbocycles. The molecular formula is C23H25FN4O2. The fourth-order valence-electron chi connectivity index (χ4n) is 4.11.